The van der Waals surface area contributed by atoms with E-state index in [1.165, 1.54) is 0 Å². The zero-order valence-electron chi connectivity index (χ0n) is 16.2. The van der Waals surface area contributed by atoms with Crippen LogP contribution in [0.15, 0.2) is 41.1 Å². The van der Waals surface area contributed by atoms with Crippen molar-refractivity contribution < 1.29 is 14.3 Å². The lowest BCUT2D eigenvalue weighted by Crippen LogP contribution is -2.48. The molecule has 0 saturated carbocycles. The summed E-state index contributed by atoms with van der Waals surface area (Å²) in [6.07, 6.45) is 4.74. The van der Waals surface area contributed by atoms with Crippen LogP contribution in [0.25, 0.3) is 0 Å². The Labute approximate surface area is 187 Å². The van der Waals surface area contributed by atoms with Crippen molar-refractivity contribution in [1.29, 1.82) is 0 Å². The number of carbonyl (C=O) groups is 2. The van der Waals surface area contributed by atoms with Crippen LogP contribution in [0.1, 0.15) is 12.8 Å². The molecule has 3 heterocycles. The molecule has 30 heavy (non-hydrogen) atoms. The number of amides is 3. The zero-order valence-corrected chi connectivity index (χ0v) is 18.5. The van der Waals surface area contributed by atoms with Crippen LogP contribution >= 0.6 is 27.5 Å². The number of ether oxygens (including phenoxy) is 1. The van der Waals surface area contributed by atoms with Crippen molar-refractivity contribution in [2.24, 2.45) is 0 Å². The molecule has 1 aromatic heterocycles. The molecule has 8 nitrogen and oxygen atoms in total. The first-order chi connectivity index (χ1) is 14.5. The van der Waals surface area contributed by atoms with Crippen LogP contribution in [0.2, 0.25) is 5.02 Å². The standard InChI is InChI=1S/C20H21BrClN5O3/c21-14-10-23-19(24-11-14)30-17-5-2-6-25(12-17)18(28)13-26-7-8-27(20(26)29)16-4-1-3-15(22)9-16/h1,3-4,9-11,17H,2,5-8,12-13H2. The first-order valence-corrected chi connectivity index (χ1v) is 10.9. The van der Waals surface area contributed by atoms with Crippen LogP contribution in [0.5, 0.6) is 6.01 Å². The smallest absolute Gasteiger partial charge is 0.325 e. The largest absolute Gasteiger partial charge is 0.458 e. The number of likely N-dealkylation sites (tertiary alicyclic amines) is 1. The van der Waals surface area contributed by atoms with Gasteiger partial charge >= 0.3 is 12.0 Å². The topological polar surface area (TPSA) is 78.9 Å². The highest BCUT2D eigenvalue weighted by Crippen LogP contribution is 2.24. The highest BCUT2D eigenvalue weighted by atomic mass is 79.9. The molecule has 1 atom stereocenters. The van der Waals surface area contributed by atoms with E-state index in [-0.39, 0.29) is 24.6 Å². The molecule has 10 heteroatoms. The first-order valence-electron chi connectivity index (χ1n) is 9.73. The second-order valence-corrected chi connectivity index (χ2v) is 8.59. The molecule has 0 bridgehead atoms. The average Bonchev–Trinajstić information content (AvgIpc) is 3.10. The van der Waals surface area contributed by atoms with Gasteiger partial charge in [0, 0.05) is 42.7 Å². The molecule has 0 N–H and O–H groups in total. The summed E-state index contributed by atoms with van der Waals surface area (Å²) >= 11 is 9.33. The molecule has 1 aromatic carbocycles. The lowest BCUT2D eigenvalue weighted by Gasteiger charge is -2.33. The maximum Gasteiger partial charge on any atom is 0.325 e. The average molecular weight is 495 g/mol. The van der Waals surface area contributed by atoms with Crippen molar-refractivity contribution in [3.05, 3.63) is 46.2 Å². The van der Waals surface area contributed by atoms with Crippen LogP contribution in [0, 0.1) is 0 Å². The van der Waals surface area contributed by atoms with Gasteiger partial charge in [-0.1, -0.05) is 17.7 Å². The summed E-state index contributed by atoms with van der Waals surface area (Å²) in [7, 11) is 0. The Bertz CT molecular complexity index is 929. The normalized spacial score (nSPS) is 19.3. The molecule has 2 aliphatic heterocycles. The van der Waals surface area contributed by atoms with E-state index >= 15 is 0 Å². The molecule has 0 aliphatic carbocycles. The van der Waals surface area contributed by atoms with Gasteiger partial charge in [0.05, 0.1) is 11.0 Å². The van der Waals surface area contributed by atoms with Gasteiger partial charge in [0.2, 0.25) is 5.91 Å². The van der Waals surface area contributed by atoms with Crippen molar-refractivity contribution in [2.75, 3.05) is 37.6 Å². The second kappa shape index (κ2) is 9.18. The van der Waals surface area contributed by atoms with E-state index in [1.54, 1.807) is 39.2 Å². The second-order valence-electron chi connectivity index (χ2n) is 7.24. The van der Waals surface area contributed by atoms with Gasteiger partial charge in [-0.3, -0.25) is 9.69 Å². The summed E-state index contributed by atoms with van der Waals surface area (Å²) in [5.74, 6) is -0.0821. The Kier molecular flexibility index (Phi) is 6.38. The lowest BCUT2D eigenvalue weighted by molar-refractivity contribution is -0.134. The number of anilines is 1. The molecule has 1 unspecified atom stereocenters. The summed E-state index contributed by atoms with van der Waals surface area (Å²) in [4.78, 5) is 38.8. The number of carbonyl (C=O) groups excluding carboxylic acids is 2. The summed E-state index contributed by atoms with van der Waals surface area (Å²) < 4.78 is 6.61. The number of rotatable bonds is 5. The molecule has 0 radical (unpaired) electrons. The van der Waals surface area contributed by atoms with Crippen molar-refractivity contribution in [2.45, 2.75) is 18.9 Å². The minimum Gasteiger partial charge on any atom is -0.458 e. The Morgan fingerprint density at radius 1 is 1.23 bits per heavy atom. The van der Waals surface area contributed by atoms with E-state index in [0.29, 0.717) is 37.2 Å². The van der Waals surface area contributed by atoms with Crippen LogP contribution < -0.4 is 9.64 Å². The fourth-order valence-electron chi connectivity index (χ4n) is 3.65. The molecular weight excluding hydrogens is 474 g/mol. The minimum absolute atomic E-state index is 0.0530. The Morgan fingerprint density at radius 3 is 2.80 bits per heavy atom. The van der Waals surface area contributed by atoms with Gasteiger partial charge in [-0.15, -0.1) is 0 Å². The van der Waals surface area contributed by atoms with Gasteiger partial charge < -0.3 is 14.5 Å². The molecule has 0 spiro atoms. The summed E-state index contributed by atoms with van der Waals surface area (Å²) in [5.41, 5.74) is 0.739. The predicted molar refractivity (Wildman–Crippen MR) is 116 cm³/mol. The predicted octanol–water partition coefficient (Wildman–Crippen LogP) is 3.20. The number of hydrogen-bond acceptors (Lipinski definition) is 5. The van der Waals surface area contributed by atoms with Gasteiger partial charge in [-0.2, -0.15) is 0 Å². The monoisotopic (exact) mass is 493 g/mol. The van der Waals surface area contributed by atoms with Crippen LogP contribution in [0.4, 0.5) is 10.5 Å². The first kappa shape index (κ1) is 20.9. The highest BCUT2D eigenvalue weighted by molar-refractivity contribution is 9.10. The zero-order chi connectivity index (χ0) is 21.1. The van der Waals surface area contributed by atoms with Gasteiger partial charge in [0.25, 0.3) is 0 Å². The van der Waals surface area contributed by atoms with Crippen molar-refractivity contribution in [3.63, 3.8) is 0 Å². The summed E-state index contributed by atoms with van der Waals surface area (Å²) in [5, 5.41) is 0.573. The molecule has 4 rings (SSSR count). The third-order valence-electron chi connectivity index (χ3n) is 5.14. The summed E-state index contributed by atoms with van der Waals surface area (Å²) in [6, 6.07) is 7.28. The molecule has 158 valence electrons. The molecule has 3 amide bonds. The van der Waals surface area contributed by atoms with Crippen molar-refractivity contribution in [3.8, 4) is 6.01 Å². The number of urea groups is 1. The molecule has 2 aliphatic rings. The van der Waals surface area contributed by atoms with Gasteiger partial charge in [-0.05, 0) is 47.0 Å². The number of nitrogens with zero attached hydrogens (tertiary/aromatic N) is 5. The third-order valence-corrected chi connectivity index (χ3v) is 5.79. The number of aromatic nitrogens is 2. The number of piperidine rings is 1. The fraction of sp³-hybridized carbons (Fsp3) is 0.400. The van der Waals surface area contributed by atoms with Gasteiger partial charge in [0.1, 0.15) is 12.6 Å². The van der Waals surface area contributed by atoms with E-state index < -0.39 is 0 Å². The molecule has 2 saturated heterocycles. The van der Waals surface area contributed by atoms with E-state index in [0.717, 1.165) is 23.0 Å². The number of halogens is 2. The van der Waals surface area contributed by atoms with Gasteiger partial charge in [0.15, 0.2) is 0 Å². The Hall–Kier alpha value is -2.39. The quantitative estimate of drug-likeness (QED) is 0.638. The van der Waals surface area contributed by atoms with Crippen LogP contribution in [-0.2, 0) is 4.79 Å². The fourth-order valence-corrected chi connectivity index (χ4v) is 4.04. The lowest BCUT2D eigenvalue weighted by atomic mass is 10.1. The molecular formula is C20H21BrClN5O3. The van der Waals surface area contributed by atoms with E-state index in [1.807, 2.05) is 12.1 Å². The maximum atomic E-state index is 12.8. The highest BCUT2D eigenvalue weighted by Gasteiger charge is 2.33. The Balaban J connectivity index is 1.33. The van der Waals surface area contributed by atoms with E-state index in [4.69, 9.17) is 16.3 Å². The third kappa shape index (κ3) is 4.84. The van der Waals surface area contributed by atoms with Crippen molar-refractivity contribution in [1.82, 2.24) is 19.8 Å². The number of hydrogen-bond donors (Lipinski definition) is 0. The molecule has 2 aromatic rings. The van der Waals surface area contributed by atoms with Crippen molar-refractivity contribution >= 4 is 45.2 Å². The van der Waals surface area contributed by atoms with E-state index in [9.17, 15) is 9.59 Å². The number of benzene rings is 1. The molecule has 2 fully saturated rings. The van der Waals surface area contributed by atoms with Crippen LogP contribution in [-0.4, -0.2) is 70.5 Å². The minimum atomic E-state index is -0.182. The van der Waals surface area contributed by atoms with Crippen LogP contribution in [0.3, 0.4) is 0 Å². The van der Waals surface area contributed by atoms with E-state index in [2.05, 4.69) is 25.9 Å². The SMILES string of the molecule is O=C(CN1CCN(c2cccc(Cl)c2)C1=O)N1CCCC(Oc2ncc(Br)cn2)C1. The maximum absolute atomic E-state index is 12.8. The summed E-state index contributed by atoms with van der Waals surface area (Å²) in [6.45, 7) is 2.19. The Morgan fingerprint density at radius 2 is 2.03 bits per heavy atom. The van der Waals surface area contributed by atoms with Gasteiger partial charge in [-0.25, -0.2) is 14.8 Å².